The van der Waals surface area contributed by atoms with Crippen molar-refractivity contribution >= 4 is 17.5 Å². The largest absolute Gasteiger partial charge is 0.508 e. The van der Waals surface area contributed by atoms with E-state index in [-0.39, 0.29) is 23.4 Å². The predicted octanol–water partition coefficient (Wildman–Crippen LogP) is 3.44. The van der Waals surface area contributed by atoms with E-state index in [9.17, 15) is 19.1 Å². The first-order valence-corrected chi connectivity index (χ1v) is 9.34. The van der Waals surface area contributed by atoms with Gasteiger partial charge >= 0.3 is 0 Å². The second-order valence-corrected chi connectivity index (χ2v) is 8.56. The SMILES string of the molecule is CC(C)(C#N)NC(=O)c1cc(NC(=O)Cc2cc(O)c(C(C)(C)C)cc2F)ccn1. The summed E-state index contributed by atoms with van der Waals surface area (Å²) in [4.78, 5) is 28.5. The molecular formula is C22H25FN4O3. The number of carbonyl (C=O) groups is 2. The number of halogens is 1. The lowest BCUT2D eigenvalue weighted by molar-refractivity contribution is -0.115. The number of phenolic OH excluding ortho intramolecular Hbond substituents is 1. The van der Waals surface area contributed by atoms with Gasteiger partial charge in [0.05, 0.1) is 12.5 Å². The molecule has 1 heterocycles. The van der Waals surface area contributed by atoms with Crippen LogP contribution >= 0.6 is 0 Å². The third-order valence-corrected chi connectivity index (χ3v) is 4.31. The molecule has 0 bridgehead atoms. The summed E-state index contributed by atoms with van der Waals surface area (Å²) in [6.07, 6.45) is 1.05. The molecule has 0 aliphatic heterocycles. The van der Waals surface area contributed by atoms with E-state index in [1.165, 1.54) is 30.5 Å². The van der Waals surface area contributed by atoms with Crippen LogP contribution in [0.4, 0.5) is 10.1 Å². The summed E-state index contributed by atoms with van der Waals surface area (Å²) in [7, 11) is 0. The Morgan fingerprint density at radius 3 is 2.47 bits per heavy atom. The minimum atomic E-state index is -1.07. The maximum absolute atomic E-state index is 14.4. The molecule has 1 aromatic carbocycles. The minimum Gasteiger partial charge on any atom is -0.508 e. The fourth-order valence-electron chi connectivity index (χ4n) is 2.73. The molecule has 158 valence electrons. The zero-order valence-corrected chi connectivity index (χ0v) is 17.6. The number of hydrogen-bond donors (Lipinski definition) is 3. The second kappa shape index (κ2) is 8.49. The highest BCUT2D eigenvalue weighted by Gasteiger charge is 2.23. The number of benzene rings is 1. The van der Waals surface area contributed by atoms with Crippen molar-refractivity contribution in [2.45, 2.75) is 52.0 Å². The predicted molar refractivity (Wildman–Crippen MR) is 110 cm³/mol. The fraction of sp³-hybridized carbons (Fsp3) is 0.364. The highest BCUT2D eigenvalue weighted by Crippen LogP contribution is 2.32. The second-order valence-electron chi connectivity index (χ2n) is 8.56. The Bertz CT molecular complexity index is 1020. The minimum absolute atomic E-state index is 0.0227. The lowest BCUT2D eigenvalue weighted by atomic mass is 9.85. The summed E-state index contributed by atoms with van der Waals surface area (Å²) in [5.41, 5.74) is -0.688. The van der Waals surface area contributed by atoms with Gasteiger partial charge in [-0.1, -0.05) is 20.8 Å². The van der Waals surface area contributed by atoms with Gasteiger partial charge in [-0.05, 0) is 43.5 Å². The summed E-state index contributed by atoms with van der Waals surface area (Å²) in [5, 5.41) is 24.3. The number of carbonyl (C=O) groups excluding carboxylic acids is 2. The van der Waals surface area contributed by atoms with E-state index in [4.69, 9.17) is 5.26 Å². The van der Waals surface area contributed by atoms with Crippen molar-refractivity contribution in [2.24, 2.45) is 0 Å². The molecule has 0 aliphatic rings. The Morgan fingerprint density at radius 2 is 1.87 bits per heavy atom. The first-order valence-electron chi connectivity index (χ1n) is 9.34. The summed E-state index contributed by atoms with van der Waals surface area (Å²) in [6.45, 7) is 8.64. The molecule has 0 radical (unpaired) electrons. The lowest BCUT2D eigenvalue weighted by Crippen LogP contribution is -2.42. The molecule has 3 N–H and O–H groups in total. The van der Waals surface area contributed by atoms with Crippen LogP contribution in [-0.4, -0.2) is 27.4 Å². The lowest BCUT2D eigenvalue weighted by Gasteiger charge is -2.21. The Hall–Kier alpha value is -3.47. The molecule has 8 heteroatoms. The van der Waals surface area contributed by atoms with Gasteiger partial charge in [-0.2, -0.15) is 5.26 Å². The van der Waals surface area contributed by atoms with Gasteiger partial charge in [0, 0.05) is 23.0 Å². The van der Waals surface area contributed by atoms with E-state index in [0.29, 0.717) is 11.3 Å². The molecule has 0 unspecified atom stereocenters. The number of amides is 2. The molecule has 1 aromatic heterocycles. The van der Waals surface area contributed by atoms with E-state index in [1.54, 1.807) is 13.8 Å². The summed E-state index contributed by atoms with van der Waals surface area (Å²) in [5.74, 6) is -1.74. The molecule has 30 heavy (non-hydrogen) atoms. The maximum Gasteiger partial charge on any atom is 0.271 e. The molecule has 0 atom stereocenters. The molecule has 0 fully saturated rings. The van der Waals surface area contributed by atoms with E-state index < -0.39 is 28.6 Å². The van der Waals surface area contributed by atoms with Crippen LogP contribution in [0.25, 0.3) is 0 Å². The van der Waals surface area contributed by atoms with Crippen LogP contribution in [-0.2, 0) is 16.6 Å². The van der Waals surface area contributed by atoms with Crippen molar-refractivity contribution < 1.29 is 19.1 Å². The number of pyridine rings is 1. The van der Waals surface area contributed by atoms with Gasteiger partial charge in [0.1, 0.15) is 22.8 Å². The Morgan fingerprint density at radius 1 is 1.20 bits per heavy atom. The van der Waals surface area contributed by atoms with E-state index in [0.717, 1.165) is 0 Å². The molecule has 2 aromatic rings. The van der Waals surface area contributed by atoms with Gasteiger partial charge in [-0.3, -0.25) is 14.6 Å². The number of aromatic hydroxyl groups is 1. The zero-order chi connectivity index (χ0) is 22.7. The average Bonchev–Trinajstić information content (AvgIpc) is 2.63. The quantitative estimate of drug-likeness (QED) is 0.696. The molecule has 0 aliphatic carbocycles. The van der Waals surface area contributed by atoms with E-state index >= 15 is 0 Å². The van der Waals surface area contributed by atoms with Crippen LogP contribution in [0, 0.1) is 17.1 Å². The summed E-state index contributed by atoms with van der Waals surface area (Å²) in [6, 6.07) is 7.29. The molecule has 0 spiro atoms. The van der Waals surface area contributed by atoms with Gasteiger partial charge in [-0.15, -0.1) is 0 Å². The normalized spacial score (nSPS) is 11.5. The van der Waals surface area contributed by atoms with Crippen molar-refractivity contribution in [3.05, 3.63) is 53.1 Å². The van der Waals surface area contributed by atoms with E-state index in [2.05, 4.69) is 15.6 Å². The molecule has 2 amide bonds. The molecule has 0 saturated heterocycles. The number of nitriles is 1. The van der Waals surface area contributed by atoms with Crippen molar-refractivity contribution in [1.82, 2.24) is 10.3 Å². The van der Waals surface area contributed by atoms with Gasteiger partial charge in [0.2, 0.25) is 5.91 Å². The first-order chi connectivity index (χ1) is 13.8. The molecule has 0 saturated carbocycles. The molecule has 2 rings (SSSR count). The van der Waals surface area contributed by atoms with Crippen LogP contribution in [0.15, 0.2) is 30.5 Å². The monoisotopic (exact) mass is 412 g/mol. The Kier molecular flexibility index (Phi) is 6.46. The van der Waals surface area contributed by atoms with Gasteiger partial charge in [0.25, 0.3) is 5.91 Å². The van der Waals surface area contributed by atoms with Gasteiger partial charge in [-0.25, -0.2) is 4.39 Å². The molecule has 7 nitrogen and oxygen atoms in total. The Labute approximate surface area is 174 Å². The van der Waals surface area contributed by atoms with Gasteiger partial charge in [0.15, 0.2) is 0 Å². The highest BCUT2D eigenvalue weighted by molar-refractivity contribution is 5.96. The van der Waals surface area contributed by atoms with Crippen LogP contribution in [0.3, 0.4) is 0 Å². The number of anilines is 1. The van der Waals surface area contributed by atoms with Crippen molar-refractivity contribution in [3.8, 4) is 11.8 Å². The number of nitrogens with one attached hydrogen (secondary N) is 2. The number of rotatable bonds is 5. The van der Waals surface area contributed by atoms with Crippen molar-refractivity contribution in [3.63, 3.8) is 0 Å². The van der Waals surface area contributed by atoms with Gasteiger partial charge < -0.3 is 15.7 Å². The first kappa shape index (κ1) is 22.8. The molecular weight excluding hydrogens is 387 g/mol. The maximum atomic E-state index is 14.4. The standard InChI is InChI=1S/C22H25FN4O3/c1-21(2,3)15-11-16(23)13(8-18(15)28)9-19(29)26-14-6-7-25-17(10-14)20(30)27-22(4,5)12-24/h6-8,10-11,28H,9H2,1-5H3,(H,27,30)(H,25,26,29). The van der Waals surface area contributed by atoms with Crippen molar-refractivity contribution in [1.29, 1.82) is 5.26 Å². The van der Waals surface area contributed by atoms with E-state index in [1.807, 2.05) is 26.8 Å². The van der Waals surface area contributed by atoms with Crippen molar-refractivity contribution in [2.75, 3.05) is 5.32 Å². The van der Waals surface area contributed by atoms with Crippen LogP contribution in [0.2, 0.25) is 0 Å². The average molecular weight is 412 g/mol. The summed E-state index contributed by atoms with van der Waals surface area (Å²) >= 11 is 0. The zero-order valence-electron chi connectivity index (χ0n) is 17.6. The number of nitrogens with zero attached hydrogens (tertiary/aromatic N) is 2. The number of aromatic nitrogens is 1. The highest BCUT2D eigenvalue weighted by atomic mass is 19.1. The Balaban J connectivity index is 2.14. The topological polar surface area (TPSA) is 115 Å². The van der Waals surface area contributed by atoms with Crippen LogP contribution in [0.1, 0.15) is 56.2 Å². The van der Waals surface area contributed by atoms with Crippen LogP contribution < -0.4 is 10.6 Å². The third-order valence-electron chi connectivity index (χ3n) is 4.31. The smallest absolute Gasteiger partial charge is 0.271 e. The number of phenols is 1. The summed E-state index contributed by atoms with van der Waals surface area (Å²) < 4.78 is 14.4. The fourth-order valence-corrected chi connectivity index (χ4v) is 2.73. The van der Waals surface area contributed by atoms with Crippen LogP contribution in [0.5, 0.6) is 5.75 Å². The third kappa shape index (κ3) is 5.77. The number of hydrogen-bond acceptors (Lipinski definition) is 5.